The molecule has 0 bridgehead atoms. The largest absolute Gasteiger partial charge is 0.451 e. The van der Waals surface area contributed by atoms with Gasteiger partial charge in [-0.15, -0.1) is 0 Å². The van der Waals surface area contributed by atoms with Crippen molar-refractivity contribution in [2.45, 2.75) is 6.18 Å². The van der Waals surface area contributed by atoms with Gasteiger partial charge in [0.2, 0.25) is 0 Å². The molecule has 1 N–H and O–H groups in total. The van der Waals surface area contributed by atoms with Gasteiger partial charge in [-0.25, -0.2) is 0 Å². The lowest BCUT2D eigenvalue weighted by molar-refractivity contribution is -0.137. The number of carbonyl (C=O) groups is 1. The van der Waals surface area contributed by atoms with Gasteiger partial charge in [-0.05, 0) is 53.6 Å². The summed E-state index contributed by atoms with van der Waals surface area (Å²) in [5, 5.41) is 2.79. The maximum atomic E-state index is 13.0. The zero-order valence-electron chi connectivity index (χ0n) is 17.1. The normalized spacial score (nSPS) is 11.6. The fraction of sp³-hybridized carbons (Fsp3) is 0.0385. The molecule has 4 aromatic rings. The molecule has 0 fully saturated rings. The summed E-state index contributed by atoms with van der Waals surface area (Å²) in [6.45, 7) is 0. The Balaban J connectivity index is 1.46. The van der Waals surface area contributed by atoms with Crippen molar-refractivity contribution in [2.75, 3.05) is 5.32 Å². The van der Waals surface area contributed by atoms with E-state index in [1.165, 1.54) is 12.1 Å². The van der Waals surface area contributed by atoms with Crippen LogP contribution in [0.3, 0.4) is 0 Å². The van der Waals surface area contributed by atoms with Gasteiger partial charge in [-0.2, -0.15) is 13.2 Å². The molecule has 0 unspecified atom stereocenters. The summed E-state index contributed by atoms with van der Waals surface area (Å²) in [5.74, 6) is -0.513. The molecule has 33 heavy (non-hydrogen) atoms. The molecule has 0 aliphatic rings. The van der Waals surface area contributed by atoms with Crippen molar-refractivity contribution in [1.29, 1.82) is 0 Å². The van der Waals surface area contributed by atoms with Crippen LogP contribution in [0.4, 0.5) is 18.9 Å². The predicted molar refractivity (Wildman–Crippen MR) is 124 cm³/mol. The number of nitrogens with one attached hydrogen (secondary N) is 1. The third kappa shape index (κ3) is 5.54. The van der Waals surface area contributed by atoms with Crippen molar-refractivity contribution in [2.24, 2.45) is 0 Å². The number of benzene rings is 3. The molecule has 0 atom stereocenters. The number of hydrogen-bond acceptors (Lipinski definition) is 2. The number of alkyl halides is 3. The van der Waals surface area contributed by atoms with Crippen molar-refractivity contribution < 1.29 is 22.4 Å². The Kier molecular flexibility index (Phi) is 6.38. The lowest BCUT2D eigenvalue weighted by Crippen LogP contribution is -2.10. The van der Waals surface area contributed by atoms with Gasteiger partial charge in [0.05, 0.1) is 10.6 Å². The topological polar surface area (TPSA) is 42.2 Å². The van der Waals surface area contributed by atoms with E-state index in [2.05, 4.69) is 5.32 Å². The molecular formula is C26H17ClF3NO2. The molecule has 1 aromatic heterocycles. The second-order valence-electron chi connectivity index (χ2n) is 7.18. The van der Waals surface area contributed by atoms with Crippen molar-refractivity contribution in [1.82, 2.24) is 0 Å². The van der Waals surface area contributed by atoms with Crippen LogP contribution in [0.2, 0.25) is 5.02 Å². The van der Waals surface area contributed by atoms with Gasteiger partial charge >= 0.3 is 6.18 Å². The van der Waals surface area contributed by atoms with Gasteiger partial charge in [-0.1, -0.05) is 66.2 Å². The Morgan fingerprint density at radius 1 is 0.848 bits per heavy atom. The summed E-state index contributed by atoms with van der Waals surface area (Å²) < 4.78 is 44.5. The van der Waals surface area contributed by atoms with E-state index in [0.29, 0.717) is 5.69 Å². The summed E-state index contributed by atoms with van der Waals surface area (Å²) in [6, 6.07) is 22.8. The summed E-state index contributed by atoms with van der Waals surface area (Å²) >= 11 is 6.05. The Labute approximate surface area is 193 Å². The number of halogens is 4. The Morgan fingerprint density at radius 3 is 2.18 bits per heavy atom. The van der Waals surface area contributed by atoms with Crippen molar-refractivity contribution in [3.63, 3.8) is 0 Å². The van der Waals surface area contributed by atoms with Crippen LogP contribution in [0.1, 0.15) is 27.2 Å². The average molecular weight is 468 g/mol. The molecule has 7 heteroatoms. The predicted octanol–water partition coefficient (Wildman–Crippen LogP) is 8.04. The van der Waals surface area contributed by atoms with Crippen LogP contribution in [0.5, 0.6) is 0 Å². The quantitative estimate of drug-likeness (QED) is 0.302. The molecule has 3 nitrogen and oxygen atoms in total. The lowest BCUT2D eigenvalue weighted by Gasteiger charge is -2.09. The highest BCUT2D eigenvalue weighted by molar-refractivity contribution is 6.33. The molecule has 1 amide bonds. The van der Waals surface area contributed by atoms with Crippen LogP contribution in [0.25, 0.3) is 23.5 Å². The minimum Gasteiger partial charge on any atom is -0.451 e. The first-order chi connectivity index (χ1) is 15.8. The Morgan fingerprint density at radius 2 is 1.52 bits per heavy atom. The van der Waals surface area contributed by atoms with E-state index in [4.69, 9.17) is 16.0 Å². The standard InChI is InChI=1S/C26H17ClF3NO2/c27-22-13-10-19(26(28,29)30)16-21(22)23-14-15-24(33-23)25(32)31-20-11-8-18(9-12-20)7-6-17-4-2-1-3-5-17/h1-16H,(H,31,32). The average Bonchev–Trinajstić information content (AvgIpc) is 3.29. The van der Waals surface area contributed by atoms with Gasteiger partial charge in [0.15, 0.2) is 5.76 Å². The lowest BCUT2D eigenvalue weighted by atomic mass is 10.1. The molecule has 4 rings (SSSR count). The van der Waals surface area contributed by atoms with Crippen molar-refractivity contribution >= 4 is 35.3 Å². The summed E-state index contributed by atoms with van der Waals surface area (Å²) in [4.78, 5) is 12.5. The minimum atomic E-state index is -4.52. The number of carbonyl (C=O) groups excluding carboxylic acids is 1. The first kappa shape index (κ1) is 22.4. The molecule has 3 aromatic carbocycles. The molecule has 0 aliphatic heterocycles. The second kappa shape index (κ2) is 9.38. The zero-order valence-corrected chi connectivity index (χ0v) is 17.8. The highest BCUT2D eigenvalue weighted by Crippen LogP contribution is 2.36. The third-order valence-corrected chi connectivity index (χ3v) is 5.15. The molecule has 166 valence electrons. The van der Waals surface area contributed by atoms with Crippen LogP contribution in [0.15, 0.2) is 89.3 Å². The summed E-state index contributed by atoms with van der Waals surface area (Å²) in [6.07, 6.45) is -0.579. The Bertz CT molecular complexity index is 1290. The minimum absolute atomic E-state index is 0.0495. The molecule has 0 saturated carbocycles. The Hall–Kier alpha value is -3.77. The molecule has 1 heterocycles. The maximum Gasteiger partial charge on any atom is 0.416 e. The van der Waals surface area contributed by atoms with E-state index in [9.17, 15) is 18.0 Å². The fourth-order valence-corrected chi connectivity index (χ4v) is 3.33. The molecule has 0 aliphatic carbocycles. The van der Waals surface area contributed by atoms with Gasteiger partial charge in [-0.3, -0.25) is 4.79 Å². The third-order valence-electron chi connectivity index (χ3n) is 4.83. The second-order valence-corrected chi connectivity index (χ2v) is 7.58. The van der Waals surface area contributed by atoms with Crippen LogP contribution in [-0.2, 0) is 6.18 Å². The van der Waals surface area contributed by atoms with Crippen LogP contribution in [0, 0.1) is 0 Å². The van der Waals surface area contributed by atoms with Gasteiger partial charge in [0, 0.05) is 11.3 Å². The molecule has 0 spiro atoms. The number of amides is 1. The first-order valence-electron chi connectivity index (χ1n) is 9.91. The summed E-state index contributed by atoms with van der Waals surface area (Å²) in [5.41, 5.74) is 1.78. The SMILES string of the molecule is O=C(Nc1ccc(C=Cc2ccccc2)cc1)c1ccc(-c2cc(C(F)(F)F)ccc2Cl)o1. The smallest absolute Gasteiger partial charge is 0.416 e. The maximum absolute atomic E-state index is 13.0. The van der Waals surface area contributed by atoms with E-state index in [0.717, 1.165) is 29.3 Å². The van der Waals surface area contributed by atoms with Gasteiger partial charge in [0.1, 0.15) is 5.76 Å². The molecule has 0 saturated heterocycles. The van der Waals surface area contributed by atoms with E-state index in [1.807, 2.05) is 54.6 Å². The number of rotatable bonds is 5. The fourth-order valence-electron chi connectivity index (χ4n) is 3.12. The van der Waals surface area contributed by atoms with Gasteiger partial charge in [0.25, 0.3) is 5.91 Å². The van der Waals surface area contributed by atoms with E-state index in [-0.39, 0.29) is 22.1 Å². The summed E-state index contributed by atoms with van der Waals surface area (Å²) in [7, 11) is 0. The highest BCUT2D eigenvalue weighted by atomic mass is 35.5. The van der Waals surface area contributed by atoms with Crippen LogP contribution < -0.4 is 5.32 Å². The molecular weight excluding hydrogens is 451 g/mol. The molecule has 0 radical (unpaired) electrons. The van der Waals surface area contributed by atoms with Crippen molar-refractivity contribution in [3.8, 4) is 11.3 Å². The van der Waals surface area contributed by atoms with Gasteiger partial charge < -0.3 is 9.73 Å². The van der Waals surface area contributed by atoms with E-state index < -0.39 is 17.6 Å². The highest BCUT2D eigenvalue weighted by Gasteiger charge is 2.31. The van der Waals surface area contributed by atoms with Crippen molar-refractivity contribution in [3.05, 3.63) is 112 Å². The number of anilines is 1. The van der Waals surface area contributed by atoms with Crippen LogP contribution in [-0.4, -0.2) is 5.91 Å². The van der Waals surface area contributed by atoms with E-state index in [1.54, 1.807) is 12.1 Å². The van der Waals surface area contributed by atoms with E-state index >= 15 is 0 Å². The number of hydrogen-bond donors (Lipinski definition) is 1. The first-order valence-corrected chi connectivity index (χ1v) is 10.3. The monoisotopic (exact) mass is 467 g/mol. The number of furan rings is 1. The zero-order chi connectivity index (χ0) is 23.4. The van der Waals surface area contributed by atoms with Crippen LogP contribution >= 0.6 is 11.6 Å².